The monoisotopic (exact) mass is 415 g/mol. The fourth-order valence-corrected chi connectivity index (χ4v) is 5.67. The molecule has 0 saturated carbocycles. The zero-order chi connectivity index (χ0) is 20.3. The lowest BCUT2D eigenvalue weighted by molar-refractivity contribution is -0.132. The van der Waals surface area contributed by atoms with E-state index in [0.29, 0.717) is 37.6 Å². The number of carbonyl (C=O) groups is 1. The summed E-state index contributed by atoms with van der Waals surface area (Å²) in [5, 5.41) is 1.96. The van der Waals surface area contributed by atoms with Crippen LogP contribution in [0.3, 0.4) is 0 Å². The molecule has 0 bridgehead atoms. The Morgan fingerprint density at radius 1 is 0.793 bits per heavy atom. The van der Waals surface area contributed by atoms with E-state index in [1.165, 1.54) is 12.8 Å². The molecule has 0 aromatic heterocycles. The van der Waals surface area contributed by atoms with Crippen molar-refractivity contribution < 1.29 is 13.2 Å². The molecule has 156 valence electrons. The van der Waals surface area contributed by atoms with Crippen LogP contribution in [-0.4, -0.2) is 74.2 Å². The number of fused-ring (bicyclic) bond motifs is 1. The van der Waals surface area contributed by atoms with Gasteiger partial charge in [-0.3, -0.25) is 9.69 Å². The van der Waals surface area contributed by atoms with Gasteiger partial charge in [0.1, 0.15) is 0 Å². The Hall–Kier alpha value is -1.96. The van der Waals surface area contributed by atoms with E-state index in [2.05, 4.69) is 4.90 Å². The Labute approximate surface area is 173 Å². The molecule has 0 radical (unpaired) electrons. The predicted octanol–water partition coefficient (Wildman–Crippen LogP) is 2.55. The first-order valence-electron chi connectivity index (χ1n) is 10.5. The van der Waals surface area contributed by atoms with Gasteiger partial charge < -0.3 is 4.90 Å². The quantitative estimate of drug-likeness (QED) is 0.770. The van der Waals surface area contributed by atoms with Gasteiger partial charge in [0.2, 0.25) is 15.9 Å². The number of hydrogen-bond acceptors (Lipinski definition) is 4. The van der Waals surface area contributed by atoms with Crippen LogP contribution in [0.25, 0.3) is 10.8 Å². The van der Waals surface area contributed by atoms with Crippen molar-refractivity contribution in [2.45, 2.75) is 30.6 Å². The van der Waals surface area contributed by atoms with E-state index in [1.807, 2.05) is 35.2 Å². The average molecular weight is 416 g/mol. The van der Waals surface area contributed by atoms with Gasteiger partial charge in [-0.1, -0.05) is 43.2 Å². The van der Waals surface area contributed by atoms with Crippen LogP contribution in [0.15, 0.2) is 47.4 Å². The van der Waals surface area contributed by atoms with Crippen molar-refractivity contribution >= 4 is 26.7 Å². The zero-order valence-electron chi connectivity index (χ0n) is 16.8. The first-order chi connectivity index (χ1) is 14.0. The third kappa shape index (κ3) is 4.63. The Morgan fingerprint density at radius 2 is 1.45 bits per heavy atom. The highest BCUT2D eigenvalue weighted by Gasteiger charge is 2.30. The smallest absolute Gasteiger partial charge is 0.243 e. The van der Waals surface area contributed by atoms with Gasteiger partial charge >= 0.3 is 0 Å². The molecular formula is C22H29N3O3S. The van der Waals surface area contributed by atoms with Gasteiger partial charge in [0, 0.05) is 39.3 Å². The van der Waals surface area contributed by atoms with E-state index in [-0.39, 0.29) is 5.91 Å². The summed E-state index contributed by atoms with van der Waals surface area (Å²) in [6, 6.07) is 13.1. The number of hydrogen-bond donors (Lipinski definition) is 0. The molecule has 0 spiro atoms. The summed E-state index contributed by atoms with van der Waals surface area (Å²) in [4.78, 5) is 17.0. The summed E-state index contributed by atoms with van der Waals surface area (Å²) < 4.78 is 27.7. The van der Waals surface area contributed by atoms with E-state index in [4.69, 9.17) is 0 Å². The average Bonchev–Trinajstić information content (AvgIpc) is 3.03. The third-order valence-corrected chi connectivity index (χ3v) is 7.90. The Balaban J connectivity index is 1.37. The molecule has 29 heavy (non-hydrogen) atoms. The summed E-state index contributed by atoms with van der Waals surface area (Å²) in [5.41, 5.74) is 0. The van der Waals surface area contributed by atoms with Crippen LogP contribution < -0.4 is 0 Å². The Bertz CT molecular complexity index is 960. The van der Waals surface area contributed by atoms with Gasteiger partial charge in [0.25, 0.3) is 0 Å². The molecule has 1 amide bonds. The maximum absolute atomic E-state index is 13.1. The number of piperazine rings is 1. The lowest BCUT2D eigenvalue weighted by Gasteiger charge is -2.34. The molecule has 2 heterocycles. The van der Waals surface area contributed by atoms with E-state index in [0.717, 1.165) is 36.7 Å². The molecule has 2 aromatic rings. The normalized spacial score (nSPS) is 19.9. The minimum atomic E-state index is -3.52. The maximum Gasteiger partial charge on any atom is 0.243 e. The molecule has 0 N–H and O–H groups in total. The van der Waals surface area contributed by atoms with E-state index >= 15 is 0 Å². The van der Waals surface area contributed by atoms with Crippen molar-refractivity contribution in [3.63, 3.8) is 0 Å². The largest absolute Gasteiger partial charge is 0.342 e. The fourth-order valence-electron chi connectivity index (χ4n) is 4.22. The molecular weight excluding hydrogens is 386 g/mol. The molecule has 4 rings (SSSR count). The summed E-state index contributed by atoms with van der Waals surface area (Å²) in [5.74, 6) is 0.178. The van der Waals surface area contributed by atoms with Gasteiger partial charge in [-0.05, 0) is 35.7 Å². The topological polar surface area (TPSA) is 60.9 Å². The maximum atomic E-state index is 13.1. The van der Waals surface area contributed by atoms with E-state index in [9.17, 15) is 13.2 Å². The van der Waals surface area contributed by atoms with Crippen LogP contribution >= 0.6 is 0 Å². The highest BCUT2D eigenvalue weighted by atomic mass is 32.2. The molecule has 0 aliphatic carbocycles. The van der Waals surface area contributed by atoms with Crippen LogP contribution in [0.2, 0.25) is 0 Å². The zero-order valence-corrected chi connectivity index (χ0v) is 17.6. The van der Waals surface area contributed by atoms with Gasteiger partial charge in [-0.2, -0.15) is 4.31 Å². The number of rotatable bonds is 4. The minimum absolute atomic E-state index is 0.178. The Morgan fingerprint density at radius 3 is 2.14 bits per heavy atom. The lowest BCUT2D eigenvalue weighted by atomic mass is 10.1. The summed E-state index contributed by atoms with van der Waals surface area (Å²) in [6.45, 7) is 4.12. The second kappa shape index (κ2) is 8.81. The van der Waals surface area contributed by atoms with Crippen molar-refractivity contribution in [3.05, 3.63) is 42.5 Å². The molecule has 7 heteroatoms. The molecule has 2 aliphatic heterocycles. The SMILES string of the molecule is O=C(CN1CCN(S(=O)(=O)c2ccc3ccccc3c2)CC1)N1CCCCCC1. The molecule has 6 nitrogen and oxygen atoms in total. The number of benzene rings is 2. The summed E-state index contributed by atoms with van der Waals surface area (Å²) >= 11 is 0. The van der Waals surface area contributed by atoms with E-state index in [1.54, 1.807) is 16.4 Å². The minimum Gasteiger partial charge on any atom is -0.342 e. The van der Waals surface area contributed by atoms with Gasteiger partial charge in [-0.25, -0.2) is 8.42 Å². The number of nitrogens with zero attached hydrogens (tertiary/aromatic N) is 3. The summed E-state index contributed by atoms with van der Waals surface area (Å²) in [7, 11) is -3.52. The number of sulfonamides is 1. The van der Waals surface area contributed by atoms with Gasteiger partial charge in [0.15, 0.2) is 0 Å². The van der Waals surface area contributed by atoms with Crippen LogP contribution in [0, 0.1) is 0 Å². The first-order valence-corrected chi connectivity index (χ1v) is 12.0. The van der Waals surface area contributed by atoms with Crippen LogP contribution in [-0.2, 0) is 14.8 Å². The van der Waals surface area contributed by atoms with Crippen LogP contribution in [0.4, 0.5) is 0 Å². The number of amides is 1. The fraction of sp³-hybridized carbons (Fsp3) is 0.500. The lowest BCUT2D eigenvalue weighted by Crippen LogP contribution is -2.51. The number of carbonyl (C=O) groups excluding carboxylic acids is 1. The van der Waals surface area contributed by atoms with Crippen molar-refractivity contribution in [3.8, 4) is 0 Å². The second-order valence-electron chi connectivity index (χ2n) is 7.98. The predicted molar refractivity (Wildman–Crippen MR) is 114 cm³/mol. The van der Waals surface area contributed by atoms with Crippen molar-refractivity contribution in [1.82, 2.24) is 14.1 Å². The number of likely N-dealkylation sites (tertiary alicyclic amines) is 1. The second-order valence-corrected chi connectivity index (χ2v) is 9.92. The van der Waals surface area contributed by atoms with Crippen molar-refractivity contribution in [1.29, 1.82) is 0 Å². The van der Waals surface area contributed by atoms with Crippen molar-refractivity contribution in [2.24, 2.45) is 0 Å². The van der Waals surface area contributed by atoms with Gasteiger partial charge in [0.05, 0.1) is 11.4 Å². The summed E-state index contributed by atoms with van der Waals surface area (Å²) in [6.07, 6.45) is 4.58. The van der Waals surface area contributed by atoms with Gasteiger partial charge in [-0.15, -0.1) is 0 Å². The highest BCUT2D eigenvalue weighted by Crippen LogP contribution is 2.23. The molecule has 2 aliphatic rings. The molecule has 2 fully saturated rings. The highest BCUT2D eigenvalue weighted by molar-refractivity contribution is 7.89. The molecule has 0 unspecified atom stereocenters. The third-order valence-electron chi connectivity index (χ3n) is 6.01. The van der Waals surface area contributed by atoms with Crippen LogP contribution in [0.1, 0.15) is 25.7 Å². The molecule has 0 atom stereocenters. The van der Waals surface area contributed by atoms with Crippen LogP contribution in [0.5, 0.6) is 0 Å². The van der Waals surface area contributed by atoms with Crippen molar-refractivity contribution in [2.75, 3.05) is 45.8 Å². The van der Waals surface area contributed by atoms with E-state index < -0.39 is 10.0 Å². The Kier molecular flexibility index (Phi) is 6.18. The standard InChI is InChI=1S/C22H29N3O3S/c26-22(24-11-5-1-2-6-12-24)18-23-13-15-25(16-14-23)29(27,28)21-10-9-19-7-3-4-8-20(19)17-21/h3-4,7-10,17H,1-2,5-6,11-16,18H2. The molecule has 2 aromatic carbocycles. The first kappa shape index (κ1) is 20.3. The molecule has 2 saturated heterocycles.